The molecule has 0 spiro atoms. The molecule has 3 atom stereocenters. The highest BCUT2D eigenvalue weighted by Gasteiger charge is 2.39. The van der Waals surface area contributed by atoms with Gasteiger partial charge in [0.2, 0.25) is 11.8 Å². The van der Waals surface area contributed by atoms with Gasteiger partial charge in [-0.25, -0.2) is 4.79 Å². The van der Waals surface area contributed by atoms with Crippen LogP contribution >= 0.6 is 12.6 Å². The summed E-state index contributed by atoms with van der Waals surface area (Å²) in [6.45, 7) is 14.7. The highest BCUT2D eigenvalue weighted by Crippen LogP contribution is 2.30. The standard InChI is InChI=1S/C28H45N3O6S/c1-17(2)10-12-20(5)31(26(34)22(16-38)30-27(35)37-28(6,7)8)24(25(33)29-15-23(32)36-9)21-13-11-18(3)14-19(21)4/h11,13-14,17,20,22,24,38H,10,12,15-16H2,1-9H3,(H,29,33)(H,30,35). The third-order valence-corrected chi connectivity index (χ3v) is 6.31. The molecule has 0 saturated heterocycles. The summed E-state index contributed by atoms with van der Waals surface area (Å²) < 4.78 is 10.0. The molecule has 38 heavy (non-hydrogen) atoms. The van der Waals surface area contributed by atoms with Crippen LogP contribution < -0.4 is 10.6 Å². The van der Waals surface area contributed by atoms with Gasteiger partial charge in [-0.3, -0.25) is 14.4 Å². The quantitative estimate of drug-likeness (QED) is 0.266. The van der Waals surface area contributed by atoms with E-state index in [1.807, 2.05) is 39.0 Å². The molecule has 0 heterocycles. The summed E-state index contributed by atoms with van der Waals surface area (Å²) in [6, 6.07) is 3.15. The molecule has 1 aromatic rings. The average Bonchev–Trinajstić information content (AvgIpc) is 2.81. The predicted molar refractivity (Wildman–Crippen MR) is 151 cm³/mol. The number of carbonyl (C=O) groups excluding carboxylic acids is 4. The molecule has 0 radical (unpaired) electrons. The number of methoxy groups -OCH3 is 1. The van der Waals surface area contributed by atoms with Crippen LogP contribution in [-0.4, -0.2) is 65.9 Å². The number of thiol groups is 1. The zero-order chi connectivity index (χ0) is 29.2. The number of carbonyl (C=O) groups is 4. The van der Waals surface area contributed by atoms with Gasteiger partial charge >= 0.3 is 12.1 Å². The lowest BCUT2D eigenvalue weighted by Gasteiger charge is -2.39. The molecule has 2 N–H and O–H groups in total. The summed E-state index contributed by atoms with van der Waals surface area (Å²) in [5.41, 5.74) is 1.69. The number of esters is 1. The van der Waals surface area contributed by atoms with E-state index in [1.54, 1.807) is 20.8 Å². The number of alkyl carbamates (subject to hydrolysis) is 1. The van der Waals surface area contributed by atoms with Gasteiger partial charge in [-0.15, -0.1) is 0 Å². The molecule has 1 rings (SSSR count). The number of hydrogen-bond acceptors (Lipinski definition) is 7. The smallest absolute Gasteiger partial charge is 0.408 e. The minimum atomic E-state index is -1.06. The number of hydrogen-bond donors (Lipinski definition) is 3. The van der Waals surface area contributed by atoms with Crippen LogP contribution in [0.3, 0.4) is 0 Å². The minimum absolute atomic E-state index is 0.00510. The molecule has 0 aliphatic carbocycles. The van der Waals surface area contributed by atoms with Crippen LogP contribution in [-0.2, 0) is 23.9 Å². The van der Waals surface area contributed by atoms with E-state index < -0.39 is 41.6 Å². The van der Waals surface area contributed by atoms with Crippen LogP contribution in [0.15, 0.2) is 18.2 Å². The van der Waals surface area contributed by atoms with E-state index in [2.05, 4.69) is 41.8 Å². The van der Waals surface area contributed by atoms with Gasteiger partial charge in [0.1, 0.15) is 24.2 Å². The Morgan fingerprint density at radius 1 is 1.05 bits per heavy atom. The van der Waals surface area contributed by atoms with E-state index >= 15 is 0 Å². The second kappa shape index (κ2) is 15.0. The lowest BCUT2D eigenvalue weighted by atomic mass is 9.94. The Morgan fingerprint density at radius 2 is 1.68 bits per heavy atom. The number of ether oxygens (including phenoxy) is 2. The van der Waals surface area contributed by atoms with E-state index in [9.17, 15) is 19.2 Å². The zero-order valence-corrected chi connectivity index (χ0v) is 25.1. The van der Waals surface area contributed by atoms with Crippen molar-refractivity contribution in [2.75, 3.05) is 19.4 Å². The Balaban J connectivity index is 3.59. The molecule has 0 aliphatic heterocycles. The summed E-state index contributed by atoms with van der Waals surface area (Å²) in [5, 5.41) is 5.24. The normalized spacial score (nSPS) is 13.8. The summed E-state index contributed by atoms with van der Waals surface area (Å²) in [7, 11) is 1.24. The summed E-state index contributed by atoms with van der Waals surface area (Å²) in [5.74, 6) is -1.23. The SMILES string of the molecule is COC(=O)CNC(=O)C(c1ccc(C)cc1C)N(C(=O)C(CS)NC(=O)OC(C)(C)C)C(C)CCC(C)C. The van der Waals surface area contributed by atoms with Crippen LogP contribution in [0.2, 0.25) is 0 Å². The van der Waals surface area contributed by atoms with Crippen molar-refractivity contribution in [3.05, 3.63) is 34.9 Å². The molecule has 0 bridgehead atoms. The first-order valence-electron chi connectivity index (χ1n) is 12.9. The Morgan fingerprint density at radius 3 is 2.18 bits per heavy atom. The largest absolute Gasteiger partial charge is 0.468 e. The lowest BCUT2D eigenvalue weighted by molar-refractivity contribution is -0.146. The average molecular weight is 552 g/mol. The van der Waals surface area contributed by atoms with E-state index in [-0.39, 0.29) is 18.3 Å². The molecule has 214 valence electrons. The van der Waals surface area contributed by atoms with Gasteiger partial charge in [-0.2, -0.15) is 12.6 Å². The van der Waals surface area contributed by atoms with Gasteiger partial charge in [-0.05, 0) is 71.4 Å². The Labute approximate surface area is 232 Å². The summed E-state index contributed by atoms with van der Waals surface area (Å²) >= 11 is 4.33. The van der Waals surface area contributed by atoms with Crippen molar-refractivity contribution in [1.82, 2.24) is 15.5 Å². The summed E-state index contributed by atoms with van der Waals surface area (Å²) in [4.78, 5) is 53.6. The predicted octanol–water partition coefficient (Wildman–Crippen LogP) is 4.11. The minimum Gasteiger partial charge on any atom is -0.468 e. The van der Waals surface area contributed by atoms with Crippen molar-refractivity contribution in [3.63, 3.8) is 0 Å². The van der Waals surface area contributed by atoms with Gasteiger partial charge in [-0.1, -0.05) is 37.6 Å². The molecule has 1 aromatic carbocycles. The van der Waals surface area contributed by atoms with Gasteiger partial charge in [0.15, 0.2) is 0 Å². The van der Waals surface area contributed by atoms with E-state index in [1.165, 1.54) is 12.0 Å². The molecule has 0 saturated carbocycles. The van der Waals surface area contributed by atoms with Gasteiger partial charge in [0.25, 0.3) is 0 Å². The maximum Gasteiger partial charge on any atom is 0.408 e. The highest BCUT2D eigenvalue weighted by molar-refractivity contribution is 7.80. The number of nitrogens with zero attached hydrogens (tertiary/aromatic N) is 1. The van der Waals surface area contributed by atoms with E-state index in [0.717, 1.165) is 17.5 Å². The van der Waals surface area contributed by atoms with Crippen LogP contribution in [0.25, 0.3) is 0 Å². The number of nitrogens with one attached hydrogen (secondary N) is 2. The molecule has 3 amide bonds. The monoisotopic (exact) mass is 551 g/mol. The number of amides is 3. The number of rotatable bonds is 12. The molecule has 9 nitrogen and oxygen atoms in total. The first kappa shape index (κ1) is 33.3. The van der Waals surface area contributed by atoms with Crippen LogP contribution in [0.4, 0.5) is 4.79 Å². The molecule has 10 heteroatoms. The molecular formula is C28H45N3O6S. The maximum atomic E-state index is 14.1. The highest BCUT2D eigenvalue weighted by atomic mass is 32.1. The van der Waals surface area contributed by atoms with Crippen molar-refractivity contribution in [2.45, 2.75) is 92.0 Å². The molecule has 0 fully saturated rings. The first-order valence-corrected chi connectivity index (χ1v) is 13.6. The fourth-order valence-electron chi connectivity index (χ4n) is 4.01. The first-order chi connectivity index (χ1) is 17.6. The van der Waals surface area contributed by atoms with Gasteiger partial charge in [0.05, 0.1) is 7.11 Å². The van der Waals surface area contributed by atoms with E-state index in [0.29, 0.717) is 17.9 Å². The van der Waals surface area contributed by atoms with E-state index in [4.69, 9.17) is 4.74 Å². The Bertz CT molecular complexity index is 976. The van der Waals surface area contributed by atoms with Crippen LogP contribution in [0, 0.1) is 19.8 Å². The van der Waals surface area contributed by atoms with Crippen molar-refractivity contribution < 1.29 is 28.7 Å². The second-order valence-corrected chi connectivity index (χ2v) is 11.4. The second-order valence-electron chi connectivity index (χ2n) is 11.0. The fourth-order valence-corrected chi connectivity index (χ4v) is 4.25. The molecule has 0 aliphatic rings. The number of benzene rings is 1. The molecule has 3 unspecified atom stereocenters. The Kier molecular flexibility index (Phi) is 13.1. The van der Waals surface area contributed by atoms with Crippen LogP contribution in [0.1, 0.15) is 77.1 Å². The third-order valence-electron chi connectivity index (χ3n) is 5.94. The van der Waals surface area contributed by atoms with Crippen LogP contribution in [0.5, 0.6) is 0 Å². The Hall–Kier alpha value is -2.75. The zero-order valence-electron chi connectivity index (χ0n) is 24.2. The number of aryl methyl sites for hydroxylation is 2. The summed E-state index contributed by atoms with van der Waals surface area (Å²) in [6.07, 6.45) is 0.693. The van der Waals surface area contributed by atoms with Gasteiger partial charge in [0, 0.05) is 11.8 Å². The maximum absolute atomic E-state index is 14.1. The van der Waals surface area contributed by atoms with Crippen molar-refractivity contribution in [2.24, 2.45) is 5.92 Å². The van der Waals surface area contributed by atoms with Gasteiger partial charge < -0.3 is 25.0 Å². The lowest BCUT2D eigenvalue weighted by Crippen LogP contribution is -2.56. The molecule has 0 aromatic heterocycles. The van der Waals surface area contributed by atoms with Crippen molar-refractivity contribution >= 4 is 36.5 Å². The topological polar surface area (TPSA) is 114 Å². The fraction of sp³-hybridized carbons (Fsp3) is 0.643. The third kappa shape index (κ3) is 10.6. The van der Waals surface area contributed by atoms with Crippen molar-refractivity contribution in [3.8, 4) is 0 Å². The van der Waals surface area contributed by atoms with Crippen molar-refractivity contribution in [1.29, 1.82) is 0 Å². The molecular weight excluding hydrogens is 506 g/mol.